The molecule has 2 heterocycles. The second-order valence-electron chi connectivity index (χ2n) is 3.85. The summed E-state index contributed by atoms with van der Waals surface area (Å²) in [5.74, 6) is 2.76. The van der Waals surface area contributed by atoms with Gasteiger partial charge < -0.3 is 16.0 Å². The number of nitrogens with two attached hydrogens (primary N) is 1. The molecule has 1 aliphatic heterocycles. The van der Waals surface area contributed by atoms with Crippen molar-refractivity contribution in [3.05, 3.63) is 5.82 Å². The summed E-state index contributed by atoms with van der Waals surface area (Å²) in [4.78, 5) is 17.7. The van der Waals surface area contributed by atoms with Crippen LogP contribution in [0.15, 0.2) is 0 Å². The van der Waals surface area contributed by atoms with Gasteiger partial charge in [-0.15, -0.1) is 5.10 Å². The molecule has 1 fully saturated rings. The van der Waals surface area contributed by atoms with Crippen molar-refractivity contribution in [2.75, 3.05) is 30.3 Å². The molecule has 1 aromatic heterocycles. The molecule has 0 radical (unpaired) electrons. The van der Waals surface area contributed by atoms with Gasteiger partial charge in [0, 0.05) is 24.6 Å². The van der Waals surface area contributed by atoms with Gasteiger partial charge >= 0.3 is 6.03 Å². The molecule has 1 saturated heterocycles. The lowest BCUT2D eigenvalue weighted by molar-refractivity contribution is 0.199. The normalized spacial score (nSPS) is 17.8. The molecule has 1 aliphatic rings. The van der Waals surface area contributed by atoms with Gasteiger partial charge in [-0.3, -0.25) is 5.10 Å². The Bertz CT molecular complexity index is 389. The third kappa shape index (κ3) is 3.02. The first-order valence-corrected chi connectivity index (χ1v) is 6.63. The number of hydrogen-bond acceptors (Lipinski definition) is 5. The lowest BCUT2D eigenvalue weighted by atomic mass is 10.3. The van der Waals surface area contributed by atoms with Crippen molar-refractivity contribution in [2.24, 2.45) is 0 Å². The number of nitrogens with zero attached hydrogens (tertiary/aromatic N) is 3. The number of nitrogen functional groups attached to an aromatic ring is 1. The minimum Gasteiger partial charge on any atom is -0.367 e. The van der Waals surface area contributed by atoms with Crippen LogP contribution in [0.1, 0.15) is 18.8 Å². The van der Waals surface area contributed by atoms with Gasteiger partial charge in [0.2, 0.25) is 5.95 Å². The first kappa shape index (κ1) is 12.0. The molecular formula is C9H16N6OS. The predicted molar refractivity (Wildman–Crippen MR) is 66.6 cm³/mol. The monoisotopic (exact) mass is 256 g/mol. The smallest absolute Gasteiger partial charge is 0.318 e. The summed E-state index contributed by atoms with van der Waals surface area (Å²) < 4.78 is 0. The lowest BCUT2D eigenvalue weighted by Gasteiger charge is -2.27. The summed E-state index contributed by atoms with van der Waals surface area (Å²) in [5, 5.41) is 9.29. The zero-order valence-corrected chi connectivity index (χ0v) is 10.5. The fourth-order valence-corrected chi connectivity index (χ4v) is 2.50. The van der Waals surface area contributed by atoms with Gasteiger partial charge in [-0.2, -0.15) is 16.7 Å². The van der Waals surface area contributed by atoms with Crippen molar-refractivity contribution >= 4 is 23.7 Å². The van der Waals surface area contributed by atoms with E-state index >= 15 is 0 Å². The Hall–Kier alpha value is -1.44. The van der Waals surface area contributed by atoms with Crippen LogP contribution < -0.4 is 11.1 Å². The summed E-state index contributed by atoms with van der Waals surface area (Å²) in [6.45, 7) is 3.43. The molecule has 4 N–H and O–H groups in total. The molecule has 0 aromatic carbocycles. The van der Waals surface area contributed by atoms with E-state index in [0.717, 1.165) is 24.6 Å². The molecule has 94 valence electrons. The molecule has 0 bridgehead atoms. The molecule has 0 saturated carbocycles. The first-order chi connectivity index (χ1) is 8.16. The van der Waals surface area contributed by atoms with Crippen molar-refractivity contribution in [1.82, 2.24) is 25.4 Å². The topological polar surface area (TPSA) is 99.9 Å². The highest BCUT2D eigenvalue weighted by atomic mass is 32.2. The molecule has 0 spiro atoms. The molecule has 17 heavy (non-hydrogen) atoms. The predicted octanol–water partition coefficient (Wildman–Crippen LogP) is 0.206. The second-order valence-corrected chi connectivity index (χ2v) is 5.07. The SMILES string of the molecule is CC(NC(=O)N1CCSCC1)c1nc(N)n[nH]1. The standard InChI is InChI=1S/C9H16N6OS/c1-6(7-12-8(10)14-13-7)11-9(16)15-2-4-17-5-3-15/h6H,2-5H2,1H3,(H,11,16)(H3,10,12,13,14). The maximum absolute atomic E-state index is 11.9. The van der Waals surface area contributed by atoms with E-state index in [9.17, 15) is 4.79 Å². The number of urea groups is 1. The maximum atomic E-state index is 11.9. The summed E-state index contributed by atoms with van der Waals surface area (Å²) in [7, 11) is 0. The molecule has 1 atom stereocenters. The van der Waals surface area contributed by atoms with Gasteiger partial charge in [-0.05, 0) is 6.92 Å². The number of amides is 2. The molecule has 0 aliphatic carbocycles. The van der Waals surface area contributed by atoms with Gasteiger partial charge in [0.25, 0.3) is 0 Å². The summed E-state index contributed by atoms with van der Waals surface area (Å²) in [5.41, 5.74) is 5.41. The van der Waals surface area contributed by atoms with Crippen LogP contribution >= 0.6 is 11.8 Å². The van der Waals surface area contributed by atoms with Crippen LogP contribution in [0.2, 0.25) is 0 Å². The number of aromatic nitrogens is 3. The Labute approximate surface area is 104 Å². The van der Waals surface area contributed by atoms with E-state index in [1.165, 1.54) is 0 Å². The number of H-pyrrole nitrogens is 1. The van der Waals surface area contributed by atoms with Gasteiger partial charge in [0.05, 0.1) is 6.04 Å². The van der Waals surface area contributed by atoms with E-state index in [1.54, 1.807) is 0 Å². The van der Waals surface area contributed by atoms with E-state index in [4.69, 9.17) is 5.73 Å². The highest BCUT2D eigenvalue weighted by Gasteiger charge is 2.20. The van der Waals surface area contributed by atoms with Crippen molar-refractivity contribution in [2.45, 2.75) is 13.0 Å². The van der Waals surface area contributed by atoms with Gasteiger partial charge in [0.15, 0.2) is 0 Å². The number of nitrogens with one attached hydrogen (secondary N) is 2. The number of thioether (sulfide) groups is 1. The number of carbonyl (C=O) groups is 1. The van der Waals surface area contributed by atoms with E-state index < -0.39 is 0 Å². The van der Waals surface area contributed by atoms with Gasteiger partial charge in [0.1, 0.15) is 5.82 Å². The Kier molecular flexibility index (Phi) is 3.72. The van der Waals surface area contributed by atoms with Crippen LogP contribution in [0, 0.1) is 0 Å². The molecule has 2 rings (SSSR count). The van der Waals surface area contributed by atoms with E-state index in [2.05, 4.69) is 20.5 Å². The first-order valence-electron chi connectivity index (χ1n) is 5.48. The zero-order chi connectivity index (χ0) is 12.3. The Balaban J connectivity index is 1.89. The average Bonchev–Trinajstić information content (AvgIpc) is 2.77. The van der Waals surface area contributed by atoms with E-state index in [-0.39, 0.29) is 18.0 Å². The van der Waals surface area contributed by atoms with Crippen LogP contribution in [0.3, 0.4) is 0 Å². The van der Waals surface area contributed by atoms with E-state index in [1.807, 2.05) is 23.6 Å². The molecule has 2 amide bonds. The van der Waals surface area contributed by atoms with E-state index in [0.29, 0.717) is 5.82 Å². The summed E-state index contributed by atoms with van der Waals surface area (Å²) in [6.07, 6.45) is 0. The van der Waals surface area contributed by atoms with Crippen LogP contribution in [0.25, 0.3) is 0 Å². The molecule has 7 nitrogen and oxygen atoms in total. The number of rotatable bonds is 2. The molecule has 8 heteroatoms. The number of hydrogen-bond donors (Lipinski definition) is 3. The number of anilines is 1. The average molecular weight is 256 g/mol. The van der Waals surface area contributed by atoms with Crippen molar-refractivity contribution in [3.8, 4) is 0 Å². The quantitative estimate of drug-likeness (QED) is 0.702. The van der Waals surface area contributed by atoms with Crippen molar-refractivity contribution in [3.63, 3.8) is 0 Å². The van der Waals surface area contributed by atoms with Crippen LogP contribution in [-0.4, -0.2) is 50.7 Å². The fraction of sp³-hybridized carbons (Fsp3) is 0.667. The van der Waals surface area contributed by atoms with Gasteiger partial charge in [-0.1, -0.05) is 0 Å². The van der Waals surface area contributed by atoms with Crippen molar-refractivity contribution < 1.29 is 4.79 Å². The molecular weight excluding hydrogens is 240 g/mol. The molecule has 1 aromatic rings. The Morgan fingerprint density at radius 2 is 2.29 bits per heavy atom. The third-order valence-corrected chi connectivity index (χ3v) is 3.51. The highest BCUT2D eigenvalue weighted by Crippen LogP contribution is 2.11. The molecule has 1 unspecified atom stereocenters. The number of aromatic amines is 1. The minimum atomic E-state index is -0.220. The lowest BCUT2D eigenvalue weighted by Crippen LogP contribution is -2.45. The van der Waals surface area contributed by atoms with Gasteiger partial charge in [-0.25, -0.2) is 4.79 Å². The highest BCUT2D eigenvalue weighted by molar-refractivity contribution is 7.99. The summed E-state index contributed by atoms with van der Waals surface area (Å²) in [6, 6.07) is -0.283. The fourth-order valence-electron chi connectivity index (χ4n) is 1.59. The third-order valence-electron chi connectivity index (χ3n) is 2.57. The van der Waals surface area contributed by atoms with Crippen LogP contribution in [-0.2, 0) is 0 Å². The largest absolute Gasteiger partial charge is 0.367 e. The second kappa shape index (κ2) is 5.26. The Morgan fingerprint density at radius 3 is 2.88 bits per heavy atom. The number of carbonyl (C=O) groups excluding carboxylic acids is 1. The van der Waals surface area contributed by atoms with Crippen molar-refractivity contribution in [1.29, 1.82) is 0 Å². The van der Waals surface area contributed by atoms with Crippen LogP contribution in [0.4, 0.5) is 10.7 Å². The minimum absolute atomic E-state index is 0.0622. The zero-order valence-electron chi connectivity index (χ0n) is 9.64. The maximum Gasteiger partial charge on any atom is 0.318 e. The summed E-state index contributed by atoms with van der Waals surface area (Å²) >= 11 is 1.87. The van der Waals surface area contributed by atoms with Crippen LogP contribution in [0.5, 0.6) is 0 Å². The Morgan fingerprint density at radius 1 is 1.59 bits per heavy atom.